The van der Waals surface area contributed by atoms with Gasteiger partial charge in [-0.3, -0.25) is 9.59 Å². The quantitative estimate of drug-likeness (QED) is 0.708. The Morgan fingerprint density at radius 2 is 2.00 bits per heavy atom. The summed E-state index contributed by atoms with van der Waals surface area (Å²) in [6.45, 7) is 1.52. The van der Waals surface area contributed by atoms with Gasteiger partial charge in [-0.15, -0.1) is 0 Å². The molecule has 0 saturated heterocycles. The van der Waals surface area contributed by atoms with Gasteiger partial charge in [-0.05, 0) is 31.2 Å². The minimum Gasteiger partial charge on any atom is -0.507 e. The van der Waals surface area contributed by atoms with E-state index in [0.29, 0.717) is 21.9 Å². The molecule has 6 heteroatoms. The van der Waals surface area contributed by atoms with Crippen molar-refractivity contribution in [2.24, 2.45) is 0 Å². The topological polar surface area (TPSA) is 79.4 Å². The highest BCUT2D eigenvalue weighted by molar-refractivity contribution is 6.31. The van der Waals surface area contributed by atoms with Crippen LogP contribution in [0.25, 0.3) is 10.9 Å². The standard InChI is InChI=1S/C18H14ClNO4/c1-10(21)14-5-3-13(8-17(14)22)24-9-11-6-18(23)20-16-7-12(19)2-4-15(11)16/h2-8,22H,9H2,1H3,(H,20,23). The molecule has 1 heterocycles. The average Bonchev–Trinajstić information content (AvgIpc) is 2.51. The lowest BCUT2D eigenvalue weighted by molar-refractivity contribution is 0.101. The number of halogens is 1. The third-order valence-corrected chi connectivity index (χ3v) is 3.87. The van der Waals surface area contributed by atoms with Gasteiger partial charge in [-0.2, -0.15) is 0 Å². The first-order chi connectivity index (χ1) is 11.4. The van der Waals surface area contributed by atoms with E-state index in [9.17, 15) is 14.7 Å². The Morgan fingerprint density at radius 1 is 1.21 bits per heavy atom. The van der Waals surface area contributed by atoms with E-state index in [4.69, 9.17) is 16.3 Å². The number of rotatable bonds is 4. The van der Waals surface area contributed by atoms with Crippen LogP contribution in [-0.4, -0.2) is 15.9 Å². The molecule has 5 nitrogen and oxygen atoms in total. The zero-order chi connectivity index (χ0) is 17.3. The van der Waals surface area contributed by atoms with Crippen LogP contribution in [0.2, 0.25) is 5.02 Å². The third-order valence-electron chi connectivity index (χ3n) is 3.63. The lowest BCUT2D eigenvalue weighted by atomic mass is 10.1. The normalized spacial score (nSPS) is 10.8. The number of nitrogens with one attached hydrogen (secondary N) is 1. The van der Waals surface area contributed by atoms with Crippen molar-refractivity contribution in [2.75, 3.05) is 0 Å². The fourth-order valence-corrected chi connectivity index (χ4v) is 2.66. The summed E-state index contributed by atoms with van der Waals surface area (Å²) >= 11 is 5.95. The van der Waals surface area contributed by atoms with Crippen molar-refractivity contribution in [3.63, 3.8) is 0 Å². The lowest BCUT2D eigenvalue weighted by Gasteiger charge is -2.10. The van der Waals surface area contributed by atoms with Gasteiger partial charge in [0.05, 0.1) is 11.1 Å². The zero-order valence-electron chi connectivity index (χ0n) is 12.8. The number of ether oxygens (including phenoxy) is 1. The van der Waals surface area contributed by atoms with Crippen molar-refractivity contribution < 1.29 is 14.6 Å². The molecule has 0 unspecified atom stereocenters. The van der Waals surface area contributed by atoms with Crippen LogP contribution >= 0.6 is 11.6 Å². The molecule has 3 rings (SSSR count). The second kappa shape index (κ2) is 6.37. The van der Waals surface area contributed by atoms with Crippen LogP contribution in [-0.2, 0) is 6.61 Å². The largest absolute Gasteiger partial charge is 0.507 e. The van der Waals surface area contributed by atoms with Crippen LogP contribution in [0.3, 0.4) is 0 Å². The summed E-state index contributed by atoms with van der Waals surface area (Å²) in [5.74, 6) is 0.0407. The molecule has 1 aromatic heterocycles. The van der Waals surface area contributed by atoms with Crippen LogP contribution in [0.15, 0.2) is 47.3 Å². The number of ketones is 1. The van der Waals surface area contributed by atoms with Crippen molar-refractivity contribution in [1.82, 2.24) is 4.98 Å². The number of hydrogen-bond acceptors (Lipinski definition) is 4. The molecule has 122 valence electrons. The van der Waals surface area contributed by atoms with Gasteiger partial charge in [0.25, 0.3) is 0 Å². The molecule has 0 amide bonds. The number of benzene rings is 2. The molecule has 0 aliphatic rings. The van der Waals surface area contributed by atoms with E-state index in [0.717, 1.165) is 5.39 Å². The van der Waals surface area contributed by atoms with Crippen molar-refractivity contribution in [2.45, 2.75) is 13.5 Å². The third kappa shape index (κ3) is 3.26. The number of phenols is 1. The van der Waals surface area contributed by atoms with E-state index < -0.39 is 0 Å². The maximum Gasteiger partial charge on any atom is 0.248 e. The Kier molecular flexibility index (Phi) is 4.27. The van der Waals surface area contributed by atoms with Gasteiger partial charge in [-0.25, -0.2) is 0 Å². The molecule has 0 fully saturated rings. The number of carbonyl (C=O) groups excluding carboxylic acids is 1. The SMILES string of the molecule is CC(=O)c1ccc(OCc2cc(=O)[nH]c3cc(Cl)ccc23)cc1O. The molecular weight excluding hydrogens is 330 g/mol. The van der Waals surface area contributed by atoms with E-state index in [1.807, 2.05) is 6.07 Å². The van der Waals surface area contributed by atoms with Crippen LogP contribution in [0.5, 0.6) is 11.5 Å². The van der Waals surface area contributed by atoms with Gasteiger partial charge >= 0.3 is 0 Å². The fraction of sp³-hybridized carbons (Fsp3) is 0.111. The molecule has 0 saturated carbocycles. The molecule has 2 N–H and O–H groups in total. The van der Waals surface area contributed by atoms with Crippen molar-refractivity contribution in [1.29, 1.82) is 0 Å². The lowest BCUT2D eigenvalue weighted by Crippen LogP contribution is -2.08. The molecule has 24 heavy (non-hydrogen) atoms. The van der Waals surface area contributed by atoms with Gasteiger partial charge < -0.3 is 14.8 Å². The number of pyridine rings is 1. The molecule has 0 atom stereocenters. The van der Waals surface area contributed by atoms with E-state index in [2.05, 4.69) is 4.98 Å². The molecule has 3 aromatic rings. The first kappa shape index (κ1) is 16.1. The maximum atomic E-state index is 11.8. The summed E-state index contributed by atoms with van der Waals surface area (Å²) in [5, 5.41) is 11.2. The number of carbonyl (C=O) groups is 1. The molecule has 0 spiro atoms. The number of aromatic hydroxyl groups is 1. The summed E-state index contributed by atoms with van der Waals surface area (Å²) in [7, 11) is 0. The zero-order valence-corrected chi connectivity index (χ0v) is 13.6. The Hall–Kier alpha value is -2.79. The molecule has 0 bridgehead atoms. The van der Waals surface area contributed by atoms with Crippen molar-refractivity contribution >= 4 is 28.3 Å². The molecule has 0 aliphatic heterocycles. The van der Waals surface area contributed by atoms with E-state index in [1.165, 1.54) is 25.1 Å². The molecular formula is C18H14ClNO4. The highest BCUT2D eigenvalue weighted by atomic mass is 35.5. The molecule has 0 radical (unpaired) electrons. The number of aromatic nitrogens is 1. The highest BCUT2D eigenvalue weighted by Gasteiger charge is 2.09. The Bertz CT molecular complexity index is 994. The van der Waals surface area contributed by atoms with Crippen molar-refractivity contribution in [3.8, 4) is 11.5 Å². The predicted octanol–water partition coefficient (Wildman–Crippen LogP) is 3.67. The first-order valence-electron chi connectivity index (χ1n) is 7.22. The van der Waals surface area contributed by atoms with Crippen LogP contribution in [0.4, 0.5) is 0 Å². The first-order valence-corrected chi connectivity index (χ1v) is 7.60. The summed E-state index contributed by atoms with van der Waals surface area (Å²) in [6.07, 6.45) is 0. The van der Waals surface area contributed by atoms with Crippen molar-refractivity contribution in [3.05, 3.63) is 69.0 Å². The number of aromatic amines is 1. The second-order valence-electron chi connectivity index (χ2n) is 5.37. The monoisotopic (exact) mass is 343 g/mol. The Balaban J connectivity index is 1.90. The summed E-state index contributed by atoms with van der Waals surface area (Å²) in [4.78, 5) is 25.8. The number of fused-ring (bicyclic) bond motifs is 1. The van der Waals surface area contributed by atoms with E-state index in [1.54, 1.807) is 18.2 Å². The van der Waals surface area contributed by atoms with Gasteiger partial charge in [0.15, 0.2) is 5.78 Å². The number of hydrogen-bond donors (Lipinski definition) is 2. The Labute approximate surface area is 142 Å². The van der Waals surface area contributed by atoms with Gasteiger partial charge in [0, 0.05) is 28.1 Å². The van der Waals surface area contributed by atoms with E-state index in [-0.39, 0.29) is 29.3 Å². The maximum absolute atomic E-state index is 11.8. The van der Waals surface area contributed by atoms with Crippen LogP contribution < -0.4 is 10.3 Å². The number of Topliss-reactive ketones (excluding diaryl/α,β-unsaturated/α-hetero) is 1. The predicted molar refractivity (Wildman–Crippen MR) is 92.0 cm³/mol. The minimum atomic E-state index is -0.252. The van der Waals surface area contributed by atoms with E-state index >= 15 is 0 Å². The van der Waals surface area contributed by atoms with Gasteiger partial charge in [-0.1, -0.05) is 17.7 Å². The second-order valence-corrected chi connectivity index (χ2v) is 5.81. The van der Waals surface area contributed by atoms with Gasteiger partial charge in [0.2, 0.25) is 5.56 Å². The summed E-state index contributed by atoms with van der Waals surface area (Å²) < 4.78 is 5.64. The fourth-order valence-electron chi connectivity index (χ4n) is 2.48. The van der Waals surface area contributed by atoms with Gasteiger partial charge in [0.1, 0.15) is 18.1 Å². The minimum absolute atomic E-state index is 0.137. The Morgan fingerprint density at radius 3 is 2.71 bits per heavy atom. The highest BCUT2D eigenvalue weighted by Crippen LogP contribution is 2.26. The van der Waals surface area contributed by atoms with Crippen LogP contribution in [0, 0.1) is 0 Å². The molecule has 0 aliphatic carbocycles. The average molecular weight is 344 g/mol. The number of H-pyrrole nitrogens is 1. The smallest absolute Gasteiger partial charge is 0.248 e. The molecule has 2 aromatic carbocycles. The summed E-state index contributed by atoms with van der Waals surface area (Å²) in [6, 6.07) is 11.2. The number of phenolic OH excluding ortho intramolecular Hbond substituents is 1. The van der Waals surface area contributed by atoms with Crippen LogP contribution in [0.1, 0.15) is 22.8 Å². The summed E-state index contributed by atoms with van der Waals surface area (Å²) in [5.41, 5.74) is 1.31.